The third-order valence-corrected chi connectivity index (χ3v) is 1.41. The summed E-state index contributed by atoms with van der Waals surface area (Å²) >= 11 is 0. The van der Waals surface area contributed by atoms with Crippen molar-refractivity contribution in [2.45, 2.75) is 20.0 Å². The summed E-state index contributed by atoms with van der Waals surface area (Å²) in [6.45, 7) is 3.43. The summed E-state index contributed by atoms with van der Waals surface area (Å²) in [7, 11) is 0. The molecule has 0 spiro atoms. The quantitative estimate of drug-likeness (QED) is 0.630. The Labute approximate surface area is 67.9 Å². The van der Waals surface area contributed by atoms with Gasteiger partial charge >= 0.3 is 5.82 Å². The summed E-state index contributed by atoms with van der Waals surface area (Å²) in [5.41, 5.74) is 0. The lowest BCUT2D eigenvalue weighted by molar-refractivity contribution is -0.133. The first-order chi connectivity index (χ1) is 5.65. The van der Waals surface area contributed by atoms with Gasteiger partial charge in [0.25, 0.3) is 6.47 Å². The molecule has 1 unspecified atom stereocenters. The third-order valence-electron chi connectivity index (χ3n) is 1.41. The maximum absolute atomic E-state index is 10.5. The molecule has 0 N–H and O–H groups in total. The van der Waals surface area contributed by atoms with Crippen LogP contribution in [0.3, 0.4) is 0 Å². The van der Waals surface area contributed by atoms with Crippen molar-refractivity contribution in [3.8, 4) is 0 Å². The Hall–Kier alpha value is -1.52. The highest BCUT2D eigenvalue weighted by Gasteiger charge is 2.16. The highest BCUT2D eigenvalue weighted by Crippen LogP contribution is 2.17. The number of carbonyl (C=O) groups excluding carboxylic acids is 1. The number of carbonyl (C=O) groups is 1. The first-order valence-corrected chi connectivity index (χ1v) is 3.34. The van der Waals surface area contributed by atoms with Gasteiger partial charge in [0.05, 0.1) is 0 Å². The van der Waals surface area contributed by atoms with Crippen molar-refractivity contribution in [3.63, 3.8) is 0 Å². The van der Waals surface area contributed by atoms with E-state index in [2.05, 4.69) is 13.6 Å². The molecule has 5 nitrogen and oxygen atoms in total. The smallest absolute Gasteiger partial charge is 0.457 e. The minimum absolute atomic E-state index is 0.243. The monoisotopic (exact) mass is 172 g/mol. The van der Waals surface area contributed by atoms with Gasteiger partial charge in [0, 0.05) is 0 Å². The molecule has 0 saturated heterocycles. The van der Waals surface area contributed by atoms with Crippen LogP contribution in [0.25, 0.3) is 0 Å². The van der Waals surface area contributed by atoms with Crippen LogP contribution in [0.2, 0.25) is 0 Å². The molecular formula is C7H8O5. The number of hydrogen-bond donors (Lipinski definition) is 0. The molecule has 0 amide bonds. The minimum atomic E-state index is -0.788. The van der Waals surface area contributed by atoms with E-state index < -0.39 is 11.9 Å². The van der Waals surface area contributed by atoms with Crippen LogP contribution in [-0.2, 0) is 9.53 Å². The molecule has 1 rings (SSSR count). The van der Waals surface area contributed by atoms with Crippen molar-refractivity contribution in [2.24, 2.45) is 0 Å². The van der Waals surface area contributed by atoms with E-state index in [0.717, 1.165) is 0 Å². The van der Waals surface area contributed by atoms with E-state index >= 15 is 0 Å². The van der Waals surface area contributed by atoms with Crippen molar-refractivity contribution in [2.75, 3.05) is 0 Å². The van der Waals surface area contributed by atoms with Crippen molar-refractivity contribution in [1.82, 2.24) is 0 Å². The zero-order chi connectivity index (χ0) is 9.14. The van der Waals surface area contributed by atoms with Crippen LogP contribution in [0.5, 0.6) is 0 Å². The molecule has 0 aromatic carbocycles. The number of hydrogen-bond acceptors (Lipinski definition) is 5. The second kappa shape index (κ2) is 3.25. The summed E-state index contributed by atoms with van der Waals surface area (Å²) in [6.07, 6.45) is -0.589. The van der Waals surface area contributed by atoms with Crippen LogP contribution in [0.4, 0.5) is 0 Å². The lowest BCUT2D eigenvalue weighted by Crippen LogP contribution is -1.98. The van der Waals surface area contributed by atoms with Crippen LogP contribution in [-0.4, -0.2) is 6.47 Å². The van der Waals surface area contributed by atoms with Gasteiger partial charge in [-0.05, 0) is 13.8 Å². The van der Waals surface area contributed by atoms with Gasteiger partial charge < -0.3 is 13.6 Å². The van der Waals surface area contributed by atoms with Crippen LogP contribution in [0.1, 0.15) is 24.5 Å². The normalized spacial score (nSPS) is 12.5. The topological polar surface area (TPSA) is 69.7 Å². The summed E-state index contributed by atoms with van der Waals surface area (Å²) < 4.78 is 13.7. The fourth-order valence-corrected chi connectivity index (χ4v) is 0.872. The van der Waals surface area contributed by atoms with Gasteiger partial charge in [-0.3, -0.25) is 4.79 Å². The van der Waals surface area contributed by atoms with Crippen molar-refractivity contribution < 1.29 is 18.4 Å². The first kappa shape index (κ1) is 8.58. The standard InChI is InChI=1S/C7H8O5/c1-4(10-3-8)6-5(2)11-7(9)12-6/h3-4H,1-2H3. The Morgan fingerprint density at radius 1 is 1.50 bits per heavy atom. The average Bonchev–Trinajstić information content (AvgIpc) is 2.30. The predicted octanol–water partition coefficient (Wildman–Crippen LogP) is 0.775. The van der Waals surface area contributed by atoms with Gasteiger partial charge in [-0.15, -0.1) is 0 Å². The molecule has 0 saturated carbocycles. The van der Waals surface area contributed by atoms with Gasteiger partial charge in [-0.25, -0.2) is 4.79 Å². The molecule has 0 aliphatic rings. The molecule has 12 heavy (non-hydrogen) atoms. The Kier molecular flexibility index (Phi) is 2.32. The number of rotatable bonds is 3. The van der Waals surface area contributed by atoms with Gasteiger partial charge in [0.2, 0.25) is 0 Å². The largest absolute Gasteiger partial charge is 0.519 e. The fraction of sp³-hybridized carbons (Fsp3) is 0.429. The molecule has 5 heteroatoms. The third kappa shape index (κ3) is 1.55. The molecule has 0 radical (unpaired) electrons. The summed E-state index contributed by atoms with van der Waals surface area (Å²) in [6, 6.07) is 0. The van der Waals surface area contributed by atoms with E-state index in [-0.39, 0.29) is 12.2 Å². The van der Waals surface area contributed by atoms with Gasteiger partial charge in [-0.1, -0.05) is 0 Å². The fourth-order valence-electron chi connectivity index (χ4n) is 0.872. The molecule has 66 valence electrons. The molecule has 1 aromatic rings. The second-order valence-electron chi connectivity index (χ2n) is 2.25. The molecule has 0 aliphatic carbocycles. The highest BCUT2D eigenvalue weighted by molar-refractivity contribution is 5.37. The van der Waals surface area contributed by atoms with E-state index in [4.69, 9.17) is 0 Å². The Morgan fingerprint density at radius 2 is 2.17 bits per heavy atom. The van der Waals surface area contributed by atoms with E-state index in [1.54, 1.807) is 13.8 Å². The van der Waals surface area contributed by atoms with Crippen LogP contribution in [0.15, 0.2) is 13.6 Å². The predicted molar refractivity (Wildman–Crippen MR) is 37.5 cm³/mol. The molecule has 1 heterocycles. The summed E-state index contributed by atoms with van der Waals surface area (Å²) in [5, 5.41) is 0. The Balaban J connectivity index is 2.93. The maximum Gasteiger partial charge on any atom is 0.519 e. The summed E-state index contributed by atoms with van der Waals surface area (Å²) in [4.78, 5) is 20.5. The number of aryl methyl sites for hydroxylation is 1. The molecule has 1 aromatic heterocycles. The van der Waals surface area contributed by atoms with Crippen LogP contribution >= 0.6 is 0 Å². The van der Waals surface area contributed by atoms with Gasteiger partial charge in [0.15, 0.2) is 17.6 Å². The SMILES string of the molecule is Cc1oc(=O)oc1C(C)OC=O. The van der Waals surface area contributed by atoms with E-state index in [9.17, 15) is 9.59 Å². The molecule has 0 bridgehead atoms. The second-order valence-corrected chi connectivity index (χ2v) is 2.25. The molecular weight excluding hydrogens is 164 g/mol. The van der Waals surface area contributed by atoms with Crippen molar-refractivity contribution >= 4 is 6.47 Å². The van der Waals surface area contributed by atoms with Gasteiger partial charge in [0.1, 0.15) is 0 Å². The highest BCUT2D eigenvalue weighted by atomic mass is 16.6. The Bertz CT molecular complexity index is 321. The van der Waals surface area contributed by atoms with Crippen molar-refractivity contribution in [1.29, 1.82) is 0 Å². The minimum Gasteiger partial charge on any atom is -0.457 e. The summed E-state index contributed by atoms with van der Waals surface area (Å²) in [5.74, 6) is -0.217. The maximum atomic E-state index is 10.5. The Morgan fingerprint density at radius 3 is 2.58 bits per heavy atom. The number of ether oxygens (including phenoxy) is 1. The van der Waals surface area contributed by atoms with Crippen LogP contribution in [0, 0.1) is 6.92 Å². The first-order valence-electron chi connectivity index (χ1n) is 3.34. The zero-order valence-corrected chi connectivity index (χ0v) is 6.70. The molecule has 0 aliphatic heterocycles. The van der Waals surface area contributed by atoms with Crippen molar-refractivity contribution in [3.05, 3.63) is 22.1 Å². The average molecular weight is 172 g/mol. The lowest BCUT2D eigenvalue weighted by Gasteiger charge is -2.03. The lowest BCUT2D eigenvalue weighted by atomic mass is 10.3. The van der Waals surface area contributed by atoms with E-state index in [1.807, 2.05) is 0 Å². The van der Waals surface area contributed by atoms with E-state index in [1.165, 1.54) is 0 Å². The van der Waals surface area contributed by atoms with Crippen LogP contribution < -0.4 is 5.82 Å². The molecule has 0 fully saturated rings. The molecule has 1 atom stereocenters. The van der Waals surface area contributed by atoms with E-state index in [0.29, 0.717) is 5.76 Å². The van der Waals surface area contributed by atoms with Gasteiger partial charge in [-0.2, -0.15) is 0 Å². The zero-order valence-electron chi connectivity index (χ0n) is 6.70.